The summed E-state index contributed by atoms with van der Waals surface area (Å²) in [5.74, 6) is -1.88. The Morgan fingerprint density at radius 1 is 1.43 bits per heavy atom. The maximum Gasteiger partial charge on any atom is 0.336 e. The first-order valence-corrected chi connectivity index (χ1v) is 6.47. The molecule has 0 unspecified atom stereocenters. The van der Waals surface area contributed by atoms with Gasteiger partial charge >= 0.3 is 5.97 Å². The van der Waals surface area contributed by atoms with Gasteiger partial charge in [-0.15, -0.1) is 0 Å². The summed E-state index contributed by atoms with van der Waals surface area (Å²) in [6.07, 6.45) is 0.936. The molecule has 0 saturated heterocycles. The van der Waals surface area contributed by atoms with Crippen LogP contribution >= 0.6 is 11.3 Å². The molecule has 0 saturated carbocycles. The smallest absolute Gasteiger partial charge is 0.336 e. The summed E-state index contributed by atoms with van der Waals surface area (Å²) >= 11 is 0.932. The Kier molecular flexibility index (Phi) is 4.08. The van der Waals surface area contributed by atoms with Gasteiger partial charge in [-0.3, -0.25) is 14.5 Å². The average Bonchev–Trinajstić information content (AvgIpc) is 2.90. The number of hydrogen-bond acceptors (Lipinski definition) is 5. The number of aromatic nitrogens is 1. The van der Waals surface area contributed by atoms with Crippen LogP contribution in [-0.4, -0.2) is 35.8 Å². The first-order chi connectivity index (χ1) is 9.97. The molecule has 0 aliphatic heterocycles. The number of amides is 1. The topological polar surface area (TPSA) is 87.6 Å². The number of aldehydes is 1. The lowest BCUT2D eigenvalue weighted by Crippen LogP contribution is -2.13. The number of carbonyl (C=O) groups is 3. The van der Waals surface area contributed by atoms with Crippen LogP contribution in [0.3, 0.4) is 0 Å². The normalized spacial score (nSPS) is 10.2. The quantitative estimate of drug-likeness (QED) is 0.854. The molecule has 0 atom stereocenters. The molecular weight excluding hydrogens is 299 g/mol. The largest absolute Gasteiger partial charge is 0.478 e. The minimum atomic E-state index is -1.25. The van der Waals surface area contributed by atoms with E-state index in [0.29, 0.717) is 12.7 Å². The number of thiazole rings is 1. The van der Waals surface area contributed by atoms with Crippen LogP contribution < -0.4 is 4.90 Å². The molecular formula is C13H9FN2O4S. The van der Waals surface area contributed by atoms with Crippen LogP contribution in [0.5, 0.6) is 0 Å². The molecule has 0 spiro atoms. The molecule has 0 aliphatic carbocycles. The van der Waals surface area contributed by atoms with Gasteiger partial charge in [0.25, 0.3) is 0 Å². The number of halogens is 1. The summed E-state index contributed by atoms with van der Waals surface area (Å²) in [6.45, 7) is 0. The maximum atomic E-state index is 13.4. The fourth-order valence-electron chi connectivity index (χ4n) is 1.68. The van der Waals surface area contributed by atoms with E-state index in [1.54, 1.807) is 0 Å². The molecule has 108 valence electrons. The van der Waals surface area contributed by atoms with Gasteiger partial charge in [0.1, 0.15) is 11.5 Å². The van der Waals surface area contributed by atoms with Crippen LogP contribution in [0, 0.1) is 5.82 Å². The molecule has 1 amide bonds. The third-order valence-electron chi connectivity index (χ3n) is 2.67. The molecule has 6 nitrogen and oxygen atoms in total. The molecule has 1 aromatic carbocycles. The van der Waals surface area contributed by atoms with Crippen molar-refractivity contribution in [2.45, 2.75) is 0 Å². The Morgan fingerprint density at radius 3 is 2.71 bits per heavy atom. The number of rotatable bonds is 5. The zero-order valence-corrected chi connectivity index (χ0v) is 11.6. The highest BCUT2D eigenvalue weighted by molar-refractivity contribution is 7.19. The number of benzene rings is 1. The van der Waals surface area contributed by atoms with Crippen LogP contribution in [-0.2, 0) is 4.79 Å². The second-order valence-corrected chi connectivity index (χ2v) is 5.02. The number of carboxylic acids is 1. The van der Waals surface area contributed by atoms with Crippen molar-refractivity contribution in [3.63, 3.8) is 0 Å². The van der Waals surface area contributed by atoms with E-state index in [1.807, 2.05) is 0 Å². The lowest BCUT2D eigenvalue weighted by atomic mass is 10.0. The van der Waals surface area contributed by atoms with E-state index in [4.69, 9.17) is 5.11 Å². The predicted octanol–water partition coefficient (Wildman–Crippen LogP) is 2.05. The zero-order chi connectivity index (χ0) is 15.6. The first kappa shape index (κ1) is 14.8. The van der Waals surface area contributed by atoms with Gasteiger partial charge in [-0.25, -0.2) is 14.2 Å². The summed E-state index contributed by atoms with van der Waals surface area (Å²) in [5, 5.41) is 9.36. The highest BCUT2D eigenvalue weighted by Crippen LogP contribution is 2.36. The Bertz CT molecular complexity index is 729. The van der Waals surface area contributed by atoms with Crippen LogP contribution in [0.2, 0.25) is 0 Å². The summed E-state index contributed by atoms with van der Waals surface area (Å²) < 4.78 is 13.4. The number of anilines is 1. The van der Waals surface area contributed by atoms with Gasteiger partial charge in [0.2, 0.25) is 6.41 Å². The van der Waals surface area contributed by atoms with Gasteiger partial charge in [0, 0.05) is 12.6 Å². The molecule has 0 bridgehead atoms. The number of carboxylic acid groups (broad SMARTS) is 1. The molecule has 1 N–H and O–H groups in total. The standard InChI is InChI=1S/C13H9FN2O4S/c1-16(6-18)13-15-10(5-17)11(21-13)9-4-7(14)2-3-8(9)12(19)20/h2-6H,1H3,(H,19,20). The number of hydrogen-bond donors (Lipinski definition) is 1. The summed E-state index contributed by atoms with van der Waals surface area (Å²) in [6, 6.07) is 3.16. The minimum absolute atomic E-state index is 0.0446. The molecule has 2 aromatic rings. The SMILES string of the molecule is CN(C=O)c1nc(C=O)c(-c2cc(F)ccc2C(=O)O)s1. The second kappa shape index (κ2) is 5.80. The predicted molar refractivity (Wildman–Crippen MR) is 74.3 cm³/mol. The third kappa shape index (κ3) is 2.79. The molecule has 2 rings (SSSR count). The minimum Gasteiger partial charge on any atom is -0.478 e. The van der Waals surface area contributed by atoms with Gasteiger partial charge in [-0.1, -0.05) is 11.3 Å². The van der Waals surface area contributed by atoms with E-state index < -0.39 is 11.8 Å². The van der Waals surface area contributed by atoms with Crippen molar-refractivity contribution in [3.05, 3.63) is 35.3 Å². The van der Waals surface area contributed by atoms with Crippen molar-refractivity contribution in [1.29, 1.82) is 0 Å². The summed E-state index contributed by atoms with van der Waals surface area (Å²) in [7, 11) is 1.44. The van der Waals surface area contributed by atoms with Gasteiger partial charge < -0.3 is 5.11 Å². The van der Waals surface area contributed by atoms with E-state index in [2.05, 4.69) is 4.98 Å². The van der Waals surface area contributed by atoms with Crippen molar-refractivity contribution in [2.75, 3.05) is 11.9 Å². The maximum absolute atomic E-state index is 13.4. The first-order valence-electron chi connectivity index (χ1n) is 5.65. The zero-order valence-electron chi connectivity index (χ0n) is 10.7. The van der Waals surface area contributed by atoms with Crippen molar-refractivity contribution in [2.24, 2.45) is 0 Å². The van der Waals surface area contributed by atoms with Gasteiger partial charge in [0.05, 0.1) is 10.4 Å². The summed E-state index contributed by atoms with van der Waals surface area (Å²) in [5.41, 5.74) is -0.145. The molecule has 1 aromatic heterocycles. The lowest BCUT2D eigenvalue weighted by Gasteiger charge is -2.05. The second-order valence-electron chi connectivity index (χ2n) is 4.04. The summed E-state index contributed by atoms with van der Waals surface area (Å²) in [4.78, 5) is 38.3. The van der Waals surface area contributed by atoms with E-state index in [1.165, 1.54) is 7.05 Å². The molecule has 21 heavy (non-hydrogen) atoms. The molecule has 0 aliphatic rings. The van der Waals surface area contributed by atoms with E-state index in [9.17, 15) is 18.8 Å². The van der Waals surface area contributed by atoms with Crippen LogP contribution in [0.15, 0.2) is 18.2 Å². The third-order valence-corrected chi connectivity index (χ3v) is 3.87. The highest BCUT2D eigenvalue weighted by atomic mass is 32.1. The van der Waals surface area contributed by atoms with Gasteiger partial charge in [-0.2, -0.15) is 0 Å². The molecule has 1 heterocycles. The lowest BCUT2D eigenvalue weighted by molar-refractivity contribution is -0.107. The van der Waals surface area contributed by atoms with Crippen LogP contribution in [0.25, 0.3) is 10.4 Å². The Balaban J connectivity index is 2.68. The Labute approximate surface area is 122 Å². The monoisotopic (exact) mass is 308 g/mol. The van der Waals surface area contributed by atoms with Gasteiger partial charge in [0.15, 0.2) is 11.4 Å². The van der Waals surface area contributed by atoms with Crippen molar-refractivity contribution in [3.8, 4) is 10.4 Å². The Morgan fingerprint density at radius 2 is 2.14 bits per heavy atom. The van der Waals surface area contributed by atoms with E-state index in [-0.39, 0.29) is 26.8 Å². The van der Waals surface area contributed by atoms with Crippen molar-refractivity contribution in [1.82, 2.24) is 4.98 Å². The van der Waals surface area contributed by atoms with Crippen molar-refractivity contribution >= 4 is 35.1 Å². The number of carbonyl (C=O) groups excluding carboxylic acids is 2. The highest BCUT2D eigenvalue weighted by Gasteiger charge is 2.20. The number of nitrogens with zero attached hydrogens (tertiary/aromatic N) is 2. The van der Waals surface area contributed by atoms with Crippen molar-refractivity contribution < 1.29 is 23.9 Å². The fraction of sp³-hybridized carbons (Fsp3) is 0.0769. The molecule has 8 heteroatoms. The van der Waals surface area contributed by atoms with Crippen LogP contribution in [0.1, 0.15) is 20.8 Å². The van der Waals surface area contributed by atoms with E-state index >= 15 is 0 Å². The average molecular weight is 308 g/mol. The number of aromatic carboxylic acids is 1. The van der Waals surface area contributed by atoms with Crippen LogP contribution in [0.4, 0.5) is 9.52 Å². The molecule has 0 fully saturated rings. The van der Waals surface area contributed by atoms with Gasteiger partial charge in [-0.05, 0) is 18.2 Å². The fourth-order valence-corrected chi connectivity index (χ4v) is 2.67. The Hall–Kier alpha value is -2.61. The molecule has 0 radical (unpaired) electrons. The van der Waals surface area contributed by atoms with E-state index in [0.717, 1.165) is 34.4 Å².